The number of carbonyl (C=O) groups is 2. The molecule has 8 nitrogen and oxygen atoms in total. The fourth-order valence-electron chi connectivity index (χ4n) is 5.53. The molecule has 0 aliphatic heterocycles. The van der Waals surface area contributed by atoms with E-state index >= 15 is 0 Å². The highest BCUT2D eigenvalue weighted by molar-refractivity contribution is 7.81. The zero-order chi connectivity index (χ0) is 33.5. The van der Waals surface area contributed by atoms with Crippen LogP contribution in [-0.4, -0.2) is 66.5 Å². The Morgan fingerprint density at radius 3 is 1.94 bits per heavy atom. The van der Waals surface area contributed by atoms with Crippen LogP contribution in [0.5, 0.6) is 0 Å². The summed E-state index contributed by atoms with van der Waals surface area (Å²) in [6.07, 6.45) is 28.2. The van der Waals surface area contributed by atoms with E-state index in [4.69, 9.17) is 24.4 Å². The summed E-state index contributed by atoms with van der Waals surface area (Å²) in [5, 5.41) is 17.7. The zero-order valence-electron chi connectivity index (χ0n) is 29.3. The van der Waals surface area contributed by atoms with Gasteiger partial charge in [0.25, 0.3) is 0 Å². The van der Waals surface area contributed by atoms with E-state index in [1.165, 1.54) is 95.5 Å². The summed E-state index contributed by atoms with van der Waals surface area (Å²) in [7, 11) is 0. The van der Waals surface area contributed by atoms with Gasteiger partial charge in [-0.1, -0.05) is 103 Å². The molecule has 2 unspecified atom stereocenters. The fraction of sp³-hybridized carbons (Fsp3) is 0.811. The van der Waals surface area contributed by atoms with Gasteiger partial charge in [0, 0.05) is 36.5 Å². The summed E-state index contributed by atoms with van der Waals surface area (Å²) in [6.45, 7) is 4.64. The predicted molar refractivity (Wildman–Crippen MR) is 188 cm³/mol. The van der Waals surface area contributed by atoms with Gasteiger partial charge in [0.15, 0.2) is 18.9 Å². The number of rotatable bonds is 34. The lowest BCUT2D eigenvalue weighted by Crippen LogP contribution is -3.00. The summed E-state index contributed by atoms with van der Waals surface area (Å²) in [5.41, 5.74) is 1.18. The van der Waals surface area contributed by atoms with E-state index in [2.05, 4.69) is 36.4 Å². The second-order valence-corrected chi connectivity index (χ2v) is 13.3. The first kappa shape index (κ1) is 45.6. The van der Waals surface area contributed by atoms with Crippen LogP contribution < -0.4 is 17.0 Å². The van der Waals surface area contributed by atoms with Crippen molar-refractivity contribution in [2.75, 3.05) is 33.0 Å². The largest absolute Gasteiger partial charge is 1.00 e. The van der Waals surface area contributed by atoms with Gasteiger partial charge in [-0.2, -0.15) is 12.6 Å². The van der Waals surface area contributed by atoms with Crippen molar-refractivity contribution < 1.29 is 51.0 Å². The molecule has 0 spiro atoms. The number of aryl methyl sites for hydroxylation is 1. The third kappa shape index (κ3) is 29.3. The maximum Gasteiger partial charge on any atom is 0.329 e. The number of aliphatic carboxylic acids is 2. The van der Waals surface area contributed by atoms with Gasteiger partial charge in [-0.25, -0.2) is 9.36 Å². The van der Waals surface area contributed by atoms with Crippen LogP contribution in [0.4, 0.5) is 0 Å². The molecule has 0 aliphatic carbocycles. The van der Waals surface area contributed by atoms with E-state index in [0.717, 1.165) is 25.7 Å². The molecule has 0 aromatic carbocycles. The van der Waals surface area contributed by atoms with Gasteiger partial charge in [0.2, 0.25) is 0 Å². The second-order valence-electron chi connectivity index (χ2n) is 12.6. The Labute approximate surface area is 297 Å². The number of carboxylic acid groups (broad SMARTS) is 2. The standard InChI is InChI=1S/C37H65NO7S.ClH/c1-2-3-4-5-6-7-8-9-10-11-12-13-14-15-16-19-27-44-31-34(45-32-37(41)42)35(46)24-28-43-29-26-38-25-20-22-33(30-38)21-17-18-23-36(39)40;/h20,22,25,30,34-35H,2-19,21,23-24,26-29,31-32H2,1H3,(H2-,39,40,41,42,46);1H. The quantitative estimate of drug-likeness (QED) is 0.0513. The normalized spacial score (nSPS) is 12.5. The molecule has 1 heterocycles. The highest BCUT2D eigenvalue weighted by atomic mass is 35.5. The molecule has 0 amide bonds. The van der Waals surface area contributed by atoms with Crippen molar-refractivity contribution in [3.63, 3.8) is 0 Å². The van der Waals surface area contributed by atoms with Crippen LogP contribution >= 0.6 is 12.6 Å². The van der Waals surface area contributed by atoms with Crippen molar-refractivity contribution in [1.29, 1.82) is 0 Å². The van der Waals surface area contributed by atoms with Gasteiger partial charge in [0.05, 0.1) is 12.7 Å². The average Bonchev–Trinajstić information content (AvgIpc) is 3.03. The van der Waals surface area contributed by atoms with Crippen molar-refractivity contribution in [3.8, 4) is 0 Å². The minimum Gasteiger partial charge on any atom is -1.00 e. The molecule has 1 aromatic rings. The topological polar surface area (TPSA) is 106 Å². The number of thiol groups is 1. The molecule has 2 atom stereocenters. The van der Waals surface area contributed by atoms with Gasteiger partial charge in [-0.3, -0.25) is 4.79 Å². The van der Waals surface area contributed by atoms with Gasteiger partial charge >= 0.3 is 11.9 Å². The molecule has 0 fully saturated rings. The number of halogens is 1. The Balaban J connectivity index is 0.0000212. The molecule has 2 N–H and O–H groups in total. The van der Waals surface area contributed by atoms with E-state index in [1.54, 1.807) is 0 Å². The smallest absolute Gasteiger partial charge is 0.329 e. The van der Waals surface area contributed by atoms with Crippen molar-refractivity contribution >= 4 is 24.6 Å². The molecule has 1 rings (SSSR count). The number of hydrogen-bond donors (Lipinski definition) is 3. The molecule has 0 bridgehead atoms. The molecule has 0 saturated heterocycles. The van der Waals surface area contributed by atoms with Crippen molar-refractivity contribution in [3.05, 3.63) is 30.1 Å². The number of carboxylic acids is 2. The minimum atomic E-state index is -0.999. The van der Waals surface area contributed by atoms with Gasteiger partial charge in [0.1, 0.15) is 13.2 Å². The number of ether oxygens (including phenoxy) is 3. The Kier molecular flexibility index (Phi) is 32.1. The van der Waals surface area contributed by atoms with E-state index in [0.29, 0.717) is 45.8 Å². The number of nitrogens with zero attached hydrogens (tertiary/aromatic N) is 1. The molecule has 0 saturated carbocycles. The van der Waals surface area contributed by atoms with Crippen LogP contribution in [0.25, 0.3) is 0 Å². The lowest BCUT2D eigenvalue weighted by molar-refractivity contribution is -0.698. The maximum atomic E-state index is 11.1. The fourth-order valence-corrected chi connectivity index (χ4v) is 5.81. The highest BCUT2D eigenvalue weighted by Gasteiger charge is 2.20. The molecular weight excluding hydrogens is 638 g/mol. The molecule has 0 radical (unpaired) electrons. The van der Waals surface area contributed by atoms with Gasteiger partial charge in [-0.05, 0) is 38.2 Å². The molecule has 47 heavy (non-hydrogen) atoms. The number of pyridine rings is 1. The van der Waals surface area contributed by atoms with Crippen molar-refractivity contribution in [2.45, 2.75) is 160 Å². The Morgan fingerprint density at radius 1 is 0.766 bits per heavy atom. The zero-order valence-corrected chi connectivity index (χ0v) is 30.9. The predicted octanol–water partition coefficient (Wildman–Crippen LogP) is 5.23. The third-order valence-electron chi connectivity index (χ3n) is 8.35. The van der Waals surface area contributed by atoms with Crippen LogP contribution in [0.1, 0.15) is 141 Å². The second kappa shape index (κ2) is 33.1. The monoisotopic (exact) mass is 703 g/mol. The molecule has 10 heteroatoms. The van der Waals surface area contributed by atoms with E-state index in [1.807, 2.05) is 12.3 Å². The van der Waals surface area contributed by atoms with Crippen LogP contribution in [0.2, 0.25) is 0 Å². The number of aromatic nitrogens is 1. The first-order valence-electron chi connectivity index (χ1n) is 18.3. The lowest BCUT2D eigenvalue weighted by atomic mass is 10.0. The molecule has 1 aromatic heterocycles. The highest BCUT2D eigenvalue weighted by Crippen LogP contribution is 2.15. The minimum absolute atomic E-state index is 0. The SMILES string of the molecule is CCCCCCCCCCCCCCCCCCOCC(OCC(=O)O)C(S)CCOCC[n+]1cccc(CCCCC(=O)O)c1.[Cl-]. The third-order valence-corrected chi connectivity index (χ3v) is 8.94. The first-order chi connectivity index (χ1) is 22.4. The summed E-state index contributed by atoms with van der Waals surface area (Å²) >= 11 is 4.68. The Morgan fingerprint density at radius 2 is 1.36 bits per heavy atom. The van der Waals surface area contributed by atoms with Crippen LogP contribution in [0.3, 0.4) is 0 Å². The average molecular weight is 704 g/mol. The van der Waals surface area contributed by atoms with Crippen LogP contribution in [-0.2, 0) is 36.8 Å². The number of unbranched alkanes of at least 4 members (excludes halogenated alkanes) is 16. The van der Waals surface area contributed by atoms with Crippen LogP contribution in [0.15, 0.2) is 24.5 Å². The van der Waals surface area contributed by atoms with Crippen LogP contribution in [0, 0.1) is 0 Å². The molecule has 0 aliphatic rings. The summed E-state index contributed by atoms with van der Waals surface area (Å²) < 4.78 is 19.4. The van der Waals surface area contributed by atoms with Crippen molar-refractivity contribution in [2.24, 2.45) is 0 Å². The Bertz CT molecular complexity index is 879. The maximum absolute atomic E-state index is 11.1. The van der Waals surface area contributed by atoms with Crippen molar-refractivity contribution in [1.82, 2.24) is 0 Å². The van der Waals surface area contributed by atoms with E-state index in [-0.39, 0.29) is 30.7 Å². The van der Waals surface area contributed by atoms with E-state index in [9.17, 15) is 9.59 Å². The van der Waals surface area contributed by atoms with E-state index < -0.39 is 18.0 Å². The Hall–Kier alpha value is -1.39. The lowest BCUT2D eigenvalue weighted by Gasteiger charge is -2.23. The first-order valence-corrected chi connectivity index (χ1v) is 18.8. The molecular formula is C37H66ClNO7S. The summed E-state index contributed by atoms with van der Waals surface area (Å²) in [5.74, 6) is -1.75. The molecule has 274 valence electrons. The summed E-state index contributed by atoms with van der Waals surface area (Å²) in [6, 6.07) is 4.06. The van der Waals surface area contributed by atoms with Gasteiger partial charge in [-0.15, -0.1) is 0 Å². The number of hydrogen-bond acceptors (Lipinski definition) is 6. The summed E-state index contributed by atoms with van der Waals surface area (Å²) in [4.78, 5) is 21.8. The van der Waals surface area contributed by atoms with Gasteiger partial charge < -0.3 is 36.8 Å².